The third kappa shape index (κ3) is 3.31. The molecule has 0 aliphatic carbocycles. The van der Waals surface area contributed by atoms with Gasteiger partial charge in [0.2, 0.25) is 0 Å². The van der Waals surface area contributed by atoms with Crippen LogP contribution in [0.15, 0.2) is 42.5 Å². The largest absolute Gasteiger partial charge is 0.457 e. The van der Waals surface area contributed by atoms with Crippen LogP contribution in [0.2, 0.25) is 0 Å². The zero-order valence-electron chi connectivity index (χ0n) is 10.5. The smallest absolute Gasteiger partial charge is 0.417 e. The molecule has 0 radical (unpaired) electrons. The van der Waals surface area contributed by atoms with Gasteiger partial charge in [0.25, 0.3) is 0 Å². The number of hydrogen-bond acceptors (Lipinski definition) is 3. The van der Waals surface area contributed by atoms with Gasteiger partial charge in [0.05, 0.1) is 28.8 Å². The van der Waals surface area contributed by atoms with E-state index >= 15 is 0 Å². The van der Waals surface area contributed by atoms with Gasteiger partial charge in [-0.2, -0.15) is 23.7 Å². The summed E-state index contributed by atoms with van der Waals surface area (Å²) in [4.78, 5) is 0. The number of hydrogen-bond donors (Lipinski definition) is 0. The van der Waals surface area contributed by atoms with Gasteiger partial charge in [-0.15, -0.1) is 0 Å². The van der Waals surface area contributed by atoms with Crippen molar-refractivity contribution in [3.8, 4) is 23.6 Å². The van der Waals surface area contributed by atoms with E-state index in [9.17, 15) is 13.2 Å². The van der Waals surface area contributed by atoms with Gasteiger partial charge >= 0.3 is 6.18 Å². The van der Waals surface area contributed by atoms with Gasteiger partial charge in [0, 0.05) is 0 Å². The number of ether oxygens (including phenoxy) is 1. The molecule has 0 unspecified atom stereocenters. The Hall–Kier alpha value is -2.99. The molecule has 0 aliphatic heterocycles. The fourth-order valence-corrected chi connectivity index (χ4v) is 1.69. The van der Waals surface area contributed by atoms with Gasteiger partial charge < -0.3 is 4.74 Å². The lowest BCUT2D eigenvalue weighted by atomic mass is 10.1. The van der Waals surface area contributed by atoms with Crippen molar-refractivity contribution >= 4 is 0 Å². The quantitative estimate of drug-likeness (QED) is 0.830. The van der Waals surface area contributed by atoms with Gasteiger partial charge in [-0.25, -0.2) is 0 Å². The molecule has 0 atom stereocenters. The summed E-state index contributed by atoms with van der Waals surface area (Å²) < 4.78 is 43.4. The highest BCUT2D eigenvalue weighted by Crippen LogP contribution is 2.34. The van der Waals surface area contributed by atoms with E-state index in [1.165, 1.54) is 12.1 Å². The molecule has 0 saturated heterocycles. The van der Waals surface area contributed by atoms with Crippen LogP contribution in [0.25, 0.3) is 0 Å². The molecule has 0 saturated carbocycles. The zero-order valence-corrected chi connectivity index (χ0v) is 10.5. The molecule has 0 spiro atoms. The van der Waals surface area contributed by atoms with Crippen molar-refractivity contribution in [1.82, 2.24) is 0 Å². The lowest BCUT2D eigenvalue weighted by Crippen LogP contribution is -2.07. The SMILES string of the molecule is N#Cc1cccc(Oc2ccc(C(F)(F)F)c(C#N)c2)c1. The van der Waals surface area contributed by atoms with Crippen LogP contribution in [0, 0.1) is 22.7 Å². The fraction of sp³-hybridized carbons (Fsp3) is 0.0667. The second-order valence-electron chi connectivity index (χ2n) is 4.06. The normalized spacial score (nSPS) is 10.5. The molecule has 0 aliphatic rings. The van der Waals surface area contributed by atoms with Crippen LogP contribution < -0.4 is 4.74 Å². The van der Waals surface area contributed by atoms with Crippen molar-refractivity contribution in [2.45, 2.75) is 6.18 Å². The number of nitrogens with zero attached hydrogens (tertiary/aromatic N) is 2. The van der Waals surface area contributed by atoms with Gasteiger partial charge in [-0.05, 0) is 36.4 Å². The second-order valence-corrected chi connectivity index (χ2v) is 4.06. The standard InChI is InChI=1S/C15H7F3N2O/c16-15(17,18)14-5-4-13(7-11(14)9-20)21-12-3-1-2-10(6-12)8-19/h1-7H. The van der Waals surface area contributed by atoms with E-state index in [-0.39, 0.29) is 5.75 Å². The maximum absolute atomic E-state index is 12.7. The van der Waals surface area contributed by atoms with E-state index in [1.54, 1.807) is 18.2 Å². The molecule has 104 valence electrons. The van der Waals surface area contributed by atoms with Crippen molar-refractivity contribution < 1.29 is 17.9 Å². The molecule has 2 aromatic carbocycles. The minimum Gasteiger partial charge on any atom is -0.457 e. The molecule has 0 N–H and O–H groups in total. The summed E-state index contributed by atoms with van der Waals surface area (Å²) in [5.41, 5.74) is -1.17. The summed E-state index contributed by atoms with van der Waals surface area (Å²) in [6.45, 7) is 0. The first kappa shape index (κ1) is 14.4. The maximum atomic E-state index is 12.7. The molecule has 0 aromatic heterocycles. The van der Waals surface area contributed by atoms with Gasteiger partial charge in [-0.1, -0.05) is 6.07 Å². The monoisotopic (exact) mass is 288 g/mol. The summed E-state index contributed by atoms with van der Waals surface area (Å²) in [7, 11) is 0. The highest BCUT2D eigenvalue weighted by molar-refractivity contribution is 5.46. The van der Waals surface area contributed by atoms with Crippen molar-refractivity contribution in [1.29, 1.82) is 10.5 Å². The van der Waals surface area contributed by atoms with Crippen LogP contribution in [-0.4, -0.2) is 0 Å². The first-order chi connectivity index (χ1) is 9.94. The van der Waals surface area contributed by atoms with Gasteiger partial charge in [0.15, 0.2) is 0 Å². The third-order valence-corrected chi connectivity index (χ3v) is 2.62. The summed E-state index contributed by atoms with van der Waals surface area (Å²) >= 11 is 0. The van der Waals surface area contributed by atoms with Crippen molar-refractivity contribution in [3.63, 3.8) is 0 Å². The fourth-order valence-electron chi connectivity index (χ4n) is 1.69. The minimum absolute atomic E-state index is 0.0923. The summed E-state index contributed by atoms with van der Waals surface area (Å²) in [5, 5.41) is 17.6. The number of nitriles is 2. The van der Waals surface area contributed by atoms with E-state index < -0.39 is 17.3 Å². The first-order valence-corrected chi connectivity index (χ1v) is 5.73. The lowest BCUT2D eigenvalue weighted by Gasteiger charge is -2.11. The molecule has 2 aromatic rings. The average Bonchev–Trinajstić information content (AvgIpc) is 2.46. The molecule has 0 fully saturated rings. The topological polar surface area (TPSA) is 56.8 Å². The van der Waals surface area contributed by atoms with Crippen LogP contribution >= 0.6 is 0 Å². The van der Waals surface area contributed by atoms with Crippen molar-refractivity contribution in [2.24, 2.45) is 0 Å². The van der Waals surface area contributed by atoms with E-state index in [2.05, 4.69) is 0 Å². The Balaban J connectivity index is 2.34. The molecule has 6 heteroatoms. The van der Waals surface area contributed by atoms with Gasteiger partial charge in [-0.3, -0.25) is 0 Å². The van der Waals surface area contributed by atoms with Crippen LogP contribution in [0.3, 0.4) is 0 Å². The average molecular weight is 288 g/mol. The Kier molecular flexibility index (Phi) is 3.82. The van der Waals surface area contributed by atoms with Crippen molar-refractivity contribution in [2.75, 3.05) is 0 Å². The Bertz CT molecular complexity index is 755. The molecule has 0 bridgehead atoms. The molecule has 2 rings (SSSR count). The lowest BCUT2D eigenvalue weighted by molar-refractivity contribution is -0.137. The Morgan fingerprint density at radius 3 is 2.24 bits per heavy atom. The molecule has 0 heterocycles. The summed E-state index contributed by atoms with van der Waals surface area (Å²) in [6, 6.07) is 12.5. The molecule has 21 heavy (non-hydrogen) atoms. The van der Waals surface area contributed by atoms with Crippen LogP contribution in [-0.2, 0) is 6.18 Å². The Morgan fingerprint density at radius 2 is 1.62 bits per heavy atom. The van der Waals surface area contributed by atoms with E-state index in [0.717, 1.165) is 18.2 Å². The summed E-state index contributed by atoms with van der Waals surface area (Å²) in [6.07, 6.45) is -4.59. The number of halogens is 3. The third-order valence-electron chi connectivity index (χ3n) is 2.62. The Labute approximate surface area is 118 Å². The number of alkyl halides is 3. The van der Waals surface area contributed by atoms with Crippen LogP contribution in [0.4, 0.5) is 13.2 Å². The number of rotatable bonds is 2. The van der Waals surface area contributed by atoms with E-state index in [1.807, 2.05) is 6.07 Å². The highest BCUT2D eigenvalue weighted by atomic mass is 19.4. The Morgan fingerprint density at radius 1 is 0.905 bits per heavy atom. The van der Waals surface area contributed by atoms with E-state index in [4.69, 9.17) is 15.3 Å². The first-order valence-electron chi connectivity index (χ1n) is 5.73. The zero-order chi connectivity index (χ0) is 15.5. The molecule has 3 nitrogen and oxygen atoms in total. The maximum Gasteiger partial charge on any atom is 0.417 e. The molecule has 0 amide bonds. The number of benzene rings is 2. The second kappa shape index (κ2) is 5.56. The van der Waals surface area contributed by atoms with Crippen LogP contribution in [0.5, 0.6) is 11.5 Å². The summed E-state index contributed by atoms with van der Waals surface area (Å²) in [5.74, 6) is 0.396. The van der Waals surface area contributed by atoms with Crippen LogP contribution in [0.1, 0.15) is 16.7 Å². The minimum atomic E-state index is -4.59. The molecular weight excluding hydrogens is 281 g/mol. The predicted molar refractivity (Wildman–Crippen MR) is 67.4 cm³/mol. The van der Waals surface area contributed by atoms with Crippen molar-refractivity contribution in [3.05, 3.63) is 59.2 Å². The van der Waals surface area contributed by atoms with Gasteiger partial charge in [0.1, 0.15) is 11.5 Å². The predicted octanol–water partition coefficient (Wildman–Crippen LogP) is 4.24. The molecular formula is C15H7F3N2O. The van der Waals surface area contributed by atoms with E-state index in [0.29, 0.717) is 11.3 Å². The highest BCUT2D eigenvalue weighted by Gasteiger charge is 2.33.